The molecule has 2 nitrogen and oxygen atoms in total. The average Bonchev–Trinajstić information content (AvgIpc) is 2.37. The molecule has 1 saturated heterocycles. The van der Waals surface area contributed by atoms with Gasteiger partial charge in [0.2, 0.25) is 0 Å². The molecule has 1 heterocycles. The van der Waals surface area contributed by atoms with Gasteiger partial charge in [-0.05, 0) is 70.5 Å². The van der Waals surface area contributed by atoms with Crippen LogP contribution < -0.4 is 5.73 Å². The van der Waals surface area contributed by atoms with Crippen molar-refractivity contribution in [3.8, 4) is 0 Å². The summed E-state index contributed by atoms with van der Waals surface area (Å²) in [6, 6.07) is 0. The number of nitrogens with two attached hydrogens (primary N) is 1. The Kier molecular flexibility index (Phi) is 5.03. The van der Waals surface area contributed by atoms with E-state index in [1.54, 1.807) is 0 Å². The highest BCUT2D eigenvalue weighted by molar-refractivity contribution is 4.80. The first-order valence-corrected chi connectivity index (χ1v) is 7.20. The molecule has 1 unspecified atom stereocenters. The van der Waals surface area contributed by atoms with Crippen LogP contribution in [-0.4, -0.2) is 30.1 Å². The maximum absolute atomic E-state index is 6.06. The fourth-order valence-corrected chi connectivity index (χ4v) is 2.69. The minimum Gasteiger partial charge on any atom is -0.326 e. The summed E-state index contributed by atoms with van der Waals surface area (Å²) < 4.78 is 0. The standard InChI is InChI=1S/C15H32N2/c1-14(2,3)13-7-6-10-17(11-8-13)12-9-15(4,5)16/h13H,6-12,16H2,1-5H3. The predicted octanol–water partition coefficient (Wildman–Crippen LogP) is 3.26. The third-order valence-corrected chi connectivity index (χ3v) is 4.12. The molecular formula is C15H32N2. The quantitative estimate of drug-likeness (QED) is 0.820. The summed E-state index contributed by atoms with van der Waals surface area (Å²) in [4.78, 5) is 2.61. The summed E-state index contributed by atoms with van der Waals surface area (Å²) in [5, 5.41) is 0. The van der Waals surface area contributed by atoms with Crippen molar-refractivity contribution < 1.29 is 0 Å². The van der Waals surface area contributed by atoms with Gasteiger partial charge in [0.15, 0.2) is 0 Å². The molecule has 2 heteroatoms. The Labute approximate surface area is 108 Å². The molecule has 1 atom stereocenters. The minimum absolute atomic E-state index is 0.0181. The summed E-state index contributed by atoms with van der Waals surface area (Å²) in [6.07, 6.45) is 5.21. The molecule has 102 valence electrons. The van der Waals surface area contributed by atoms with Crippen molar-refractivity contribution in [2.75, 3.05) is 19.6 Å². The Balaban J connectivity index is 2.38. The van der Waals surface area contributed by atoms with Gasteiger partial charge in [0, 0.05) is 5.54 Å². The van der Waals surface area contributed by atoms with Crippen LogP contribution in [0.1, 0.15) is 60.3 Å². The van der Waals surface area contributed by atoms with E-state index in [2.05, 4.69) is 39.5 Å². The lowest BCUT2D eigenvalue weighted by atomic mass is 9.77. The monoisotopic (exact) mass is 240 g/mol. The van der Waals surface area contributed by atoms with Crippen LogP contribution in [0, 0.1) is 11.3 Å². The van der Waals surface area contributed by atoms with Gasteiger partial charge in [0.25, 0.3) is 0 Å². The van der Waals surface area contributed by atoms with Gasteiger partial charge in [-0.3, -0.25) is 0 Å². The second-order valence-electron chi connectivity index (χ2n) is 7.57. The van der Waals surface area contributed by atoms with Gasteiger partial charge < -0.3 is 10.6 Å². The summed E-state index contributed by atoms with van der Waals surface area (Å²) in [7, 11) is 0. The Hall–Kier alpha value is -0.0800. The summed E-state index contributed by atoms with van der Waals surface area (Å²) in [5.41, 5.74) is 6.52. The lowest BCUT2D eigenvalue weighted by Gasteiger charge is -2.30. The van der Waals surface area contributed by atoms with Crippen molar-refractivity contribution in [1.29, 1.82) is 0 Å². The summed E-state index contributed by atoms with van der Waals surface area (Å²) >= 11 is 0. The van der Waals surface area contributed by atoms with Crippen molar-refractivity contribution in [2.24, 2.45) is 17.1 Å². The number of hydrogen-bond acceptors (Lipinski definition) is 2. The smallest absolute Gasteiger partial charge is 0.0109 e. The number of likely N-dealkylation sites (tertiary alicyclic amines) is 1. The largest absolute Gasteiger partial charge is 0.326 e. The fourth-order valence-electron chi connectivity index (χ4n) is 2.69. The van der Waals surface area contributed by atoms with Gasteiger partial charge in [-0.15, -0.1) is 0 Å². The number of rotatable bonds is 3. The molecule has 17 heavy (non-hydrogen) atoms. The van der Waals surface area contributed by atoms with Gasteiger partial charge in [0.1, 0.15) is 0 Å². The molecule has 0 aromatic carbocycles. The fraction of sp³-hybridized carbons (Fsp3) is 1.00. The van der Waals surface area contributed by atoms with E-state index in [9.17, 15) is 0 Å². The first kappa shape index (κ1) is 15.0. The van der Waals surface area contributed by atoms with E-state index in [0.29, 0.717) is 5.41 Å². The highest BCUT2D eigenvalue weighted by Gasteiger charge is 2.27. The van der Waals surface area contributed by atoms with E-state index in [1.165, 1.54) is 38.9 Å². The van der Waals surface area contributed by atoms with Crippen molar-refractivity contribution >= 4 is 0 Å². The maximum Gasteiger partial charge on any atom is 0.0109 e. The van der Waals surface area contributed by atoms with Gasteiger partial charge in [-0.1, -0.05) is 20.8 Å². The molecule has 0 bridgehead atoms. The van der Waals surface area contributed by atoms with E-state index in [-0.39, 0.29) is 5.54 Å². The van der Waals surface area contributed by atoms with Gasteiger partial charge >= 0.3 is 0 Å². The molecule has 0 aliphatic carbocycles. The average molecular weight is 240 g/mol. The molecule has 0 aromatic heterocycles. The van der Waals surface area contributed by atoms with Crippen LogP contribution >= 0.6 is 0 Å². The minimum atomic E-state index is -0.0181. The molecular weight excluding hydrogens is 208 g/mol. The Morgan fingerprint density at radius 2 is 1.71 bits per heavy atom. The highest BCUT2D eigenvalue weighted by Crippen LogP contribution is 2.34. The third kappa shape index (κ3) is 5.87. The summed E-state index contributed by atoms with van der Waals surface area (Å²) in [5.74, 6) is 0.887. The molecule has 0 spiro atoms. The SMILES string of the molecule is CC(C)(N)CCN1CCCC(C(C)(C)C)CC1. The first-order valence-electron chi connectivity index (χ1n) is 7.20. The van der Waals surface area contributed by atoms with Crippen molar-refractivity contribution in [1.82, 2.24) is 4.90 Å². The van der Waals surface area contributed by atoms with Crippen molar-refractivity contribution in [2.45, 2.75) is 65.8 Å². The van der Waals surface area contributed by atoms with Crippen molar-refractivity contribution in [3.63, 3.8) is 0 Å². The van der Waals surface area contributed by atoms with Crippen LogP contribution in [0.4, 0.5) is 0 Å². The zero-order valence-corrected chi connectivity index (χ0v) is 12.6. The molecule has 1 fully saturated rings. The van der Waals surface area contributed by atoms with Crippen LogP contribution in [0.15, 0.2) is 0 Å². The van der Waals surface area contributed by atoms with Gasteiger partial charge in [-0.2, -0.15) is 0 Å². The summed E-state index contributed by atoms with van der Waals surface area (Å²) in [6.45, 7) is 15.1. The normalized spacial score (nSPS) is 24.7. The Morgan fingerprint density at radius 1 is 1.06 bits per heavy atom. The van der Waals surface area contributed by atoms with Crippen LogP contribution in [0.5, 0.6) is 0 Å². The topological polar surface area (TPSA) is 29.3 Å². The lowest BCUT2D eigenvalue weighted by Crippen LogP contribution is -2.38. The van der Waals surface area contributed by atoms with Gasteiger partial charge in [-0.25, -0.2) is 0 Å². The second-order valence-corrected chi connectivity index (χ2v) is 7.57. The van der Waals surface area contributed by atoms with Crippen molar-refractivity contribution in [3.05, 3.63) is 0 Å². The molecule has 2 N–H and O–H groups in total. The molecule has 1 aliphatic rings. The molecule has 0 radical (unpaired) electrons. The highest BCUT2D eigenvalue weighted by atomic mass is 15.1. The van der Waals surface area contributed by atoms with E-state index in [1.807, 2.05) is 0 Å². The van der Waals surface area contributed by atoms with Gasteiger partial charge in [0.05, 0.1) is 0 Å². The zero-order valence-electron chi connectivity index (χ0n) is 12.6. The van der Waals surface area contributed by atoms with Crippen LogP contribution in [0.2, 0.25) is 0 Å². The maximum atomic E-state index is 6.06. The van der Waals surface area contributed by atoms with E-state index in [4.69, 9.17) is 5.73 Å². The van der Waals surface area contributed by atoms with Crippen LogP contribution in [0.3, 0.4) is 0 Å². The molecule has 0 saturated carbocycles. The zero-order chi connectivity index (χ0) is 13.1. The Bertz CT molecular complexity index is 222. The molecule has 0 amide bonds. The first-order chi connectivity index (χ1) is 7.68. The van der Waals surface area contributed by atoms with E-state index in [0.717, 1.165) is 12.3 Å². The van der Waals surface area contributed by atoms with E-state index < -0.39 is 0 Å². The lowest BCUT2D eigenvalue weighted by molar-refractivity contribution is 0.204. The Morgan fingerprint density at radius 3 is 2.24 bits per heavy atom. The van der Waals surface area contributed by atoms with E-state index >= 15 is 0 Å². The second kappa shape index (κ2) is 5.71. The third-order valence-electron chi connectivity index (χ3n) is 4.12. The number of nitrogens with zero attached hydrogens (tertiary/aromatic N) is 1. The number of hydrogen-bond donors (Lipinski definition) is 1. The van der Waals surface area contributed by atoms with Crippen LogP contribution in [-0.2, 0) is 0 Å². The molecule has 1 aliphatic heterocycles. The molecule has 0 aromatic rings. The molecule has 1 rings (SSSR count). The predicted molar refractivity (Wildman–Crippen MR) is 76.1 cm³/mol. The van der Waals surface area contributed by atoms with Crippen LogP contribution in [0.25, 0.3) is 0 Å².